The maximum absolute atomic E-state index is 12.6. The van der Waals surface area contributed by atoms with Gasteiger partial charge in [0, 0.05) is 49.3 Å². The average Bonchev–Trinajstić information content (AvgIpc) is 3.34. The molecule has 1 aromatic carbocycles. The van der Waals surface area contributed by atoms with Crippen molar-refractivity contribution in [2.45, 2.75) is 25.3 Å². The zero-order chi connectivity index (χ0) is 17.2. The molecule has 1 aliphatic heterocycles. The normalized spacial score (nSPS) is 18.5. The van der Waals surface area contributed by atoms with Gasteiger partial charge in [-0.25, -0.2) is 0 Å². The number of carbonyl (C=O) groups excluding carboxylic acids is 2. The van der Waals surface area contributed by atoms with Crippen molar-refractivity contribution in [2.24, 2.45) is 0 Å². The second kappa shape index (κ2) is 6.88. The molecule has 0 atom stereocenters. The molecule has 1 aliphatic carbocycles. The summed E-state index contributed by atoms with van der Waals surface area (Å²) < 4.78 is 0. The van der Waals surface area contributed by atoms with Crippen LogP contribution in [-0.2, 0) is 16.0 Å². The first-order valence-corrected chi connectivity index (χ1v) is 9.03. The Labute approximate surface area is 147 Å². The maximum atomic E-state index is 12.6. The predicted molar refractivity (Wildman–Crippen MR) is 96.2 cm³/mol. The Morgan fingerprint density at radius 2 is 1.88 bits per heavy atom. The van der Waals surface area contributed by atoms with E-state index in [-0.39, 0.29) is 11.8 Å². The van der Waals surface area contributed by atoms with E-state index in [0.29, 0.717) is 32.1 Å². The molecule has 1 saturated carbocycles. The summed E-state index contributed by atoms with van der Waals surface area (Å²) in [5.74, 6) is 0.271. The number of aromatic amines is 1. The number of nitrogens with one attached hydrogen (secondary N) is 2. The second-order valence-corrected chi connectivity index (χ2v) is 7.03. The fourth-order valence-electron chi connectivity index (χ4n) is 3.41. The van der Waals surface area contributed by atoms with E-state index >= 15 is 0 Å². The van der Waals surface area contributed by atoms with Crippen LogP contribution in [0.15, 0.2) is 30.5 Å². The SMILES string of the molecule is O=C(CN1CCN(C(=O)Cc2c[nH]c3ccccc23)CC1)NC1CC1. The molecule has 1 aromatic heterocycles. The molecule has 2 amide bonds. The van der Waals surface area contributed by atoms with Gasteiger partial charge in [-0.15, -0.1) is 0 Å². The summed E-state index contributed by atoms with van der Waals surface area (Å²) in [4.78, 5) is 31.8. The van der Waals surface area contributed by atoms with Gasteiger partial charge in [0.25, 0.3) is 0 Å². The van der Waals surface area contributed by atoms with Crippen LogP contribution in [0.2, 0.25) is 0 Å². The summed E-state index contributed by atoms with van der Waals surface area (Å²) >= 11 is 0. The van der Waals surface area contributed by atoms with Gasteiger partial charge in [-0.2, -0.15) is 0 Å². The lowest BCUT2D eigenvalue weighted by Gasteiger charge is -2.34. The lowest BCUT2D eigenvalue weighted by molar-refractivity contribution is -0.132. The molecular formula is C19H24N4O2. The second-order valence-electron chi connectivity index (χ2n) is 7.03. The number of aromatic nitrogens is 1. The Bertz CT molecular complexity index is 773. The first kappa shape index (κ1) is 16.1. The number of amides is 2. The minimum atomic E-state index is 0.112. The van der Waals surface area contributed by atoms with Crippen LogP contribution in [-0.4, -0.2) is 65.4 Å². The zero-order valence-electron chi connectivity index (χ0n) is 14.3. The van der Waals surface area contributed by atoms with Gasteiger partial charge in [-0.05, 0) is 24.5 Å². The molecule has 4 rings (SSSR count). The molecule has 2 aliphatic rings. The van der Waals surface area contributed by atoms with Crippen molar-refractivity contribution in [3.05, 3.63) is 36.0 Å². The van der Waals surface area contributed by atoms with E-state index in [1.807, 2.05) is 35.4 Å². The molecule has 2 N–H and O–H groups in total. The predicted octanol–water partition coefficient (Wildman–Crippen LogP) is 1.13. The van der Waals surface area contributed by atoms with Crippen molar-refractivity contribution >= 4 is 22.7 Å². The molecule has 0 spiro atoms. The smallest absolute Gasteiger partial charge is 0.234 e. The van der Waals surface area contributed by atoms with E-state index in [1.165, 1.54) is 0 Å². The van der Waals surface area contributed by atoms with Crippen molar-refractivity contribution in [1.82, 2.24) is 20.1 Å². The summed E-state index contributed by atoms with van der Waals surface area (Å²) in [6.07, 6.45) is 4.58. The number of H-pyrrole nitrogens is 1. The molecule has 0 radical (unpaired) electrons. The van der Waals surface area contributed by atoms with Gasteiger partial charge in [0.1, 0.15) is 0 Å². The summed E-state index contributed by atoms with van der Waals surface area (Å²) in [5, 5.41) is 4.13. The monoisotopic (exact) mass is 340 g/mol. The van der Waals surface area contributed by atoms with Crippen LogP contribution in [0.1, 0.15) is 18.4 Å². The first-order chi connectivity index (χ1) is 12.2. The van der Waals surface area contributed by atoms with Crippen LogP contribution in [0.25, 0.3) is 10.9 Å². The molecule has 132 valence electrons. The Balaban J connectivity index is 1.28. The highest BCUT2D eigenvalue weighted by Gasteiger charge is 2.26. The summed E-state index contributed by atoms with van der Waals surface area (Å²) in [6.45, 7) is 3.35. The molecule has 0 unspecified atom stereocenters. The minimum Gasteiger partial charge on any atom is -0.361 e. The van der Waals surface area contributed by atoms with Crippen LogP contribution in [0.5, 0.6) is 0 Å². The fourth-order valence-corrected chi connectivity index (χ4v) is 3.41. The number of rotatable bonds is 5. The van der Waals surface area contributed by atoms with Gasteiger partial charge in [-0.3, -0.25) is 14.5 Å². The van der Waals surface area contributed by atoms with Crippen LogP contribution >= 0.6 is 0 Å². The largest absolute Gasteiger partial charge is 0.361 e. The topological polar surface area (TPSA) is 68.4 Å². The molecule has 1 saturated heterocycles. The number of hydrogen-bond acceptors (Lipinski definition) is 3. The van der Waals surface area contributed by atoms with Crippen LogP contribution < -0.4 is 5.32 Å². The molecule has 2 heterocycles. The molecule has 6 heteroatoms. The first-order valence-electron chi connectivity index (χ1n) is 9.03. The van der Waals surface area contributed by atoms with Gasteiger partial charge in [0.2, 0.25) is 11.8 Å². The van der Waals surface area contributed by atoms with Crippen molar-refractivity contribution in [3.63, 3.8) is 0 Å². The maximum Gasteiger partial charge on any atom is 0.234 e. The molecule has 0 bridgehead atoms. The number of fused-ring (bicyclic) bond motifs is 1. The van der Waals surface area contributed by atoms with E-state index in [9.17, 15) is 9.59 Å². The molecular weight excluding hydrogens is 316 g/mol. The fraction of sp³-hybridized carbons (Fsp3) is 0.474. The molecule has 6 nitrogen and oxygen atoms in total. The third-order valence-corrected chi connectivity index (χ3v) is 5.05. The highest BCUT2D eigenvalue weighted by Crippen LogP contribution is 2.19. The van der Waals surface area contributed by atoms with E-state index < -0.39 is 0 Å². The Morgan fingerprint density at radius 3 is 2.64 bits per heavy atom. The number of para-hydroxylation sites is 1. The standard InChI is InChI=1S/C19H24N4O2/c24-18(21-15-5-6-15)13-22-7-9-23(10-8-22)19(25)11-14-12-20-17-4-2-1-3-16(14)17/h1-4,12,15,20H,5-11,13H2,(H,21,24). The van der Waals surface area contributed by atoms with E-state index in [0.717, 1.165) is 42.4 Å². The number of hydrogen-bond donors (Lipinski definition) is 2. The molecule has 2 fully saturated rings. The molecule has 2 aromatic rings. The highest BCUT2D eigenvalue weighted by molar-refractivity contribution is 5.89. The van der Waals surface area contributed by atoms with Crippen molar-refractivity contribution in [3.8, 4) is 0 Å². The van der Waals surface area contributed by atoms with Gasteiger partial charge in [0.05, 0.1) is 13.0 Å². The van der Waals surface area contributed by atoms with Gasteiger partial charge in [0.15, 0.2) is 0 Å². The van der Waals surface area contributed by atoms with E-state index in [4.69, 9.17) is 0 Å². The average molecular weight is 340 g/mol. The van der Waals surface area contributed by atoms with Gasteiger partial charge < -0.3 is 15.2 Å². The Hall–Kier alpha value is -2.34. The van der Waals surface area contributed by atoms with Crippen LogP contribution in [0.3, 0.4) is 0 Å². The molecule has 25 heavy (non-hydrogen) atoms. The quantitative estimate of drug-likeness (QED) is 0.857. The van der Waals surface area contributed by atoms with Gasteiger partial charge in [-0.1, -0.05) is 18.2 Å². The third kappa shape index (κ3) is 3.85. The number of benzene rings is 1. The minimum absolute atomic E-state index is 0.112. The lowest BCUT2D eigenvalue weighted by atomic mass is 10.1. The Morgan fingerprint density at radius 1 is 1.12 bits per heavy atom. The number of nitrogens with zero attached hydrogens (tertiary/aromatic N) is 2. The van der Waals surface area contributed by atoms with Crippen molar-refractivity contribution < 1.29 is 9.59 Å². The lowest BCUT2D eigenvalue weighted by Crippen LogP contribution is -2.51. The van der Waals surface area contributed by atoms with E-state index in [2.05, 4.69) is 15.2 Å². The van der Waals surface area contributed by atoms with Crippen LogP contribution in [0, 0.1) is 0 Å². The summed E-state index contributed by atoms with van der Waals surface area (Å²) in [7, 11) is 0. The number of carbonyl (C=O) groups is 2. The highest BCUT2D eigenvalue weighted by atomic mass is 16.2. The summed E-state index contributed by atoms with van der Waals surface area (Å²) in [6, 6.07) is 8.46. The Kier molecular flexibility index (Phi) is 4.44. The zero-order valence-corrected chi connectivity index (χ0v) is 14.3. The van der Waals surface area contributed by atoms with Crippen molar-refractivity contribution in [1.29, 1.82) is 0 Å². The third-order valence-electron chi connectivity index (χ3n) is 5.05. The van der Waals surface area contributed by atoms with Crippen LogP contribution in [0.4, 0.5) is 0 Å². The number of piperazine rings is 1. The summed E-state index contributed by atoms with van der Waals surface area (Å²) in [5.41, 5.74) is 2.11. The van der Waals surface area contributed by atoms with Crippen molar-refractivity contribution in [2.75, 3.05) is 32.7 Å². The van der Waals surface area contributed by atoms with Gasteiger partial charge >= 0.3 is 0 Å². The van der Waals surface area contributed by atoms with E-state index in [1.54, 1.807) is 0 Å².